The molecule has 4 rings (SSSR count). The summed E-state index contributed by atoms with van der Waals surface area (Å²) in [5.41, 5.74) is 0. The maximum atomic E-state index is 13.9. The third-order valence-electron chi connectivity index (χ3n) is 6.37. The van der Waals surface area contributed by atoms with E-state index in [0.29, 0.717) is 14.7 Å². The first-order chi connectivity index (χ1) is 19.7. The largest absolute Gasteiger partial charge is 0.447 e. The lowest BCUT2D eigenvalue weighted by Crippen LogP contribution is -2.47. The lowest BCUT2D eigenvalue weighted by atomic mass is 10.1. The molecule has 42 heavy (non-hydrogen) atoms. The number of rotatable bonds is 7. The summed E-state index contributed by atoms with van der Waals surface area (Å²) in [6, 6.07) is -3.80. The average molecular weight is 607 g/mol. The van der Waals surface area contributed by atoms with Crippen LogP contribution in [-0.4, -0.2) is 94.6 Å². The molecule has 226 valence electrons. The van der Waals surface area contributed by atoms with Crippen LogP contribution in [0.3, 0.4) is 0 Å². The van der Waals surface area contributed by atoms with Crippen LogP contribution in [0.1, 0.15) is 26.2 Å². The number of amides is 6. The highest BCUT2D eigenvalue weighted by atomic mass is 19.2. The van der Waals surface area contributed by atoms with Crippen molar-refractivity contribution in [1.82, 2.24) is 14.7 Å². The topological polar surface area (TPSA) is 166 Å². The number of hydrogen-bond donors (Lipinski definition) is 0. The first-order valence-corrected chi connectivity index (χ1v) is 11.9. The van der Waals surface area contributed by atoms with Gasteiger partial charge in [-0.1, -0.05) is 0 Å². The van der Waals surface area contributed by atoms with Crippen LogP contribution in [0.25, 0.3) is 0 Å². The molecule has 3 fully saturated rings. The molecule has 19 heteroatoms. The van der Waals surface area contributed by atoms with Crippen molar-refractivity contribution < 1.29 is 74.5 Å². The van der Waals surface area contributed by atoms with Crippen LogP contribution in [0, 0.1) is 29.1 Å². The Morgan fingerprint density at radius 2 is 1.00 bits per heavy atom. The van der Waals surface area contributed by atoms with E-state index in [1.165, 1.54) is 0 Å². The highest BCUT2D eigenvalue weighted by molar-refractivity contribution is 5.98. The van der Waals surface area contributed by atoms with Gasteiger partial charge < -0.3 is 18.9 Å². The fourth-order valence-electron chi connectivity index (χ4n) is 4.45. The number of esters is 1. The number of nitrogens with zero attached hydrogens (tertiary/aromatic N) is 3. The van der Waals surface area contributed by atoms with Gasteiger partial charge in [-0.2, -0.15) is 8.78 Å². The molecule has 0 unspecified atom stereocenters. The average Bonchev–Trinajstić information content (AvgIpc) is 3.60. The van der Waals surface area contributed by atoms with E-state index in [4.69, 9.17) is 14.2 Å². The minimum atomic E-state index is -2.49. The highest BCUT2D eigenvalue weighted by Gasteiger charge is 2.46. The SMILES string of the molecule is CC(=O)N1C(=O)OC[C@@H]1CC(=O)N1C(=O)OC[C@@H]1CC(=O)N1C(=O)OC[C@@H]1CC(=O)Oc1c(F)c(F)c(F)c(F)c1F. The Kier molecular flexibility index (Phi) is 8.30. The molecule has 0 aliphatic carbocycles. The van der Waals surface area contributed by atoms with E-state index < -0.39 is 127 Å². The van der Waals surface area contributed by atoms with Crippen LogP contribution in [0.2, 0.25) is 0 Å². The van der Waals surface area contributed by atoms with Gasteiger partial charge in [-0.05, 0) is 0 Å². The van der Waals surface area contributed by atoms with Crippen LogP contribution in [0.5, 0.6) is 5.75 Å². The smallest absolute Gasteiger partial charge is 0.416 e. The van der Waals surface area contributed by atoms with Gasteiger partial charge in [0.25, 0.3) is 0 Å². The van der Waals surface area contributed by atoms with Crippen LogP contribution in [0.15, 0.2) is 0 Å². The third kappa shape index (κ3) is 5.53. The maximum absolute atomic E-state index is 13.9. The van der Waals surface area contributed by atoms with Gasteiger partial charge in [-0.3, -0.25) is 19.2 Å². The Balaban J connectivity index is 1.43. The molecule has 0 spiro atoms. The van der Waals surface area contributed by atoms with E-state index in [9.17, 15) is 55.5 Å². The predicted molar refractivity (Wildman–Crippen MR) is 117 cm³/mol. The maximum Gasteiger partial charge on any atom is 0.416 e. The van der Waals surface area contributed by atoms with E-state index in [1.807, 2.05) is 0 Å². The molecule has 6 amide bonds. The molecule has 3 aliphatic heterocycles. The zero-order valence-corrected chi connectivity index (χ0v) is 21.2. The molecule has 0 saturated carbocycles. The van der Waals surface area contributed by atoms with Gasteiger partial charge in [-0.25, -0.2) is 42.3 Å². The number of carbonyl (C=O) groups excluding carboxylic acids is 7. The molecule has 1 aromatic carbocycles. The molecule has 3 saturated heterocycles. The first-order valence-electron chi connectivity index (χ1n) is 11.9. The number of carbonyl (C=O) groups is 7. The molecule has 1 aromatic rings. The van der Waals surface area contributed by atoms with Gasteiger partial charge in [0, 0.05) is 6.92 Å². The molecule has 3 atom stereocenters. The standard InChI is InChI=1S/C23H18F5N3O11/c1-8(32)29-9(5-39-21(29)36)2-12(33)30-10(6-40-22(30)37)3-13(34)31-11(7-41-23(31)38)4-14(35)42-20-18(27)16(25)15(24)17(26)19(20)28/h9-11H,2-7H2,1H3/t9-,10-,11-/m0/s1. The summed E-state index contributed by atoms with van der Waals surface area (Å²) in [5.74, 6) is -18.4. The van der Waals surface area contributed by atoms with Crippen LogP contribution >= 0.6 is 0 Å². The van der Waals surface area contributed by atoms with Crippen molar-refractivity contribution in [2.75, 3.05) is 19.8 Å². The number of halogens is 5. The predicted octanol–water partition coefficient (Wildman–Crippen LogP) is 1.52. The zero-order valence-electron chi connectivity index (χ0n) is 21.2. The van der Waals surface area contributed by atoms with Crippen LogP contribution in [0.4, 0.5) is 36.3 Å². The molecule has 0 aromatic heterocycles. The van der Waals surface area contributed by atoms with Crippen LogP contribution < -0.4 is 4.74 Å². The molecule has 0 bridgehead atoms. The van der Waals surface area contributed by atoms with E-state index in [1.54, 1.807) is 0 Å². The zero-order chi connectivity index (χ0) is 31.0. The number of cyclic esters (lactones) is 3. The summed E-state index contributed by atoms with van der Waals surface area (Å²) in [5, 5.41) is 0. The van der Waals surface area contributed by atoms with Crippen molar-refractivity contribution >= 4 is 42.0 Å². The van der Waals surface area contributed by atoms with Crippen LogP contribution in [-0.2, 0) is 33.4 Å². The number of benzene rings is 1. The van der Waals surface area contributed by atoms with Gasteiger partial charge in [0.15, 0.2) is 0 Å². The molecule has 3 aliphatic rings. The molecular weight excluding hydrogens is 589 g/mol. The minimum absolute atomic E-state index is 0.334. The van der Waals surface area contributed by atoms with Crippen molar-refractivity contribution in [3.63, 3.8) is 0 Å². The third-order valence-corrected chi connectivity index (χ3v) is 6.37. The molecule has 3 heterocycles. The Bertz CT molecular complexity index is 1380. The second kappa shape index (κ2) is 11.6. The summed E-state index contributed by atoms with van der Waals surface area (Å²) in [6.07, 6.45) is -5.75. The van der Waals surface area contributed by atoms with Gasteiger partial charge in [0.05, 0.1) is 37.4 Å². The summed E-state index contributed by atoms with van der Waals surface area (Å²) >= 11 is 0. The van der Waals surface area contributed by atoms with Gasteiger partial charge in [0.2, 0.25) is 52.6 Å². The number of hydrogen-bond acceptors (Lipinski definition) is 11. The van der Waals surface area contributed by atoms with E-state index in [2.05, 4.69) is 4.74 Å². The van der Waals surface area contributed by atoms with Gasteiger partial charge in [-0.15, -0.1) is 0 Å². The molecular formula is C23H18F5N3O11. The second-order valence-electron chi connectivity index (χ2n) is 9.09. The second-order valence-corrected chi connectivity index (χ2v) is 9.09. The van der Waals surface area contributed by atoms with Crippen molar-refractivity contribution in [2.45, 2.75) is 44.3 Å². The Hall–Kier alpha value is -4.84. The van der Waals surface area contributed by atoms with Crippen molar-refractivity contribution in [3.05, 3.63) is 29.1 Å². The summed E-state index contributed by atoms with van der Waals surface area (Å²) in [6.45, 7) is -0.405. The number of imide groups is 3. The lowest BCUT2D eigenvalue weighted by Gasteiger charge is -2.24. The quantitative estimate of drug-likeness (QED) is 0.110. The molecule has 0 radical (unpaired) electrons. The molecule has 14 nitrogen and oxygen atoms in total. The fraction of sp³-hybridized carbons (Fsp3) is 0.435. The number of ether oxygens (including phenoxy) is 4. The lowest BCUT2D eigenvalue weighted by molar-refractivity contribution is -0.137. The van der Waals surface area contributed by atoms with E-state index in [-0.39, 0.29) is 6.61 Å². The normalized spacial score (nSPS) is 21.8. The Labute approximate surface area is 230 Å². The van der Waals surface area contributed by atoms with Crippen molar-refractivity contribution in [1.29, 1.82) is 0 Å². The summed E-state index contributed by atoms with van der Waals surface area (Å²) in [7, 11) is 0. The highest BCUT2D eigenvalue weighted by Crippen LogP contribution is 2.30. The first kappa shape index (κ1) is 30.1. The van der Waals surface area contributed by atoms with Gasteiger partial charge in [0.1, 0.15) is 19.8 Å². The molecule has 0 N–H and O–H groups in total. The Morgan fingerprint density at radius 1 is 0.643 bits per heavy atom. The van der Waals surface area contributed by atoms with E-state index >= 15 is 0 Å². The fourth-order valence-corrected chi connectivity index (χ4v) is 4.45. The monoisotopic (exact) mass is 607 g/mol. The summed E-state index contributed by atoms with van der Waals surface area (Å²) < 4.78 is 86.3. The van der Waals surface area contributed by atoms with Gasteiger partial charge >= 0.3 is 24.2 Å². The van der Waals surface area contributed by atoms with E-state index in [0.717, 1.165) is 6.92 Å². The Morgan fingerprint density at radius 3 is 1.43 bits per heavy atom. The van der Waals surface area contributed by atoms with Crippen molar-refractivity contribution in [2.24, 2.45) is 0 Å². The summed E-state index contributed by atoms with van der Waals surface area (Å²) in [4.78, 5) is 87.6. The minimum Gasteiger partial charge on any atom is -0.447 e. The van der Waals surface area contributed by atoms with Crippen molar-refractivity contribution in [3.8, 4) is 5.75 Å².